The Balaban J connectivity index is 1.82. The lowest BCUT2D eigenvalue weighted by Crippen LogP contribution is -2.20. The molecule has 1 atom stereocenters. The van der Waals surface area contributed by atoms with Crippen molar-refractivity contribution < 1.29 is 0 Å². The molecule has 3 nitrogen and oxygen atoms in total. The molecule has 0 aromatic carbocycles. The van der Waals surface area contributed by atoms with Crippen LogP contribution >= 0.6 is 0 Å². The molecule has 92 valence electrons. The summed E-state index contributed by atoms with van der Waals surface area (Å²) in [6.07, 6.45) is 7.26. The quantitative estimate of drug-likeness (QED) is 0.847. The summed E-state index contributed by atoms with van der Waals surface area (Å²) in [4.78, 5) is 7.05. The van der Waals surface area contributed by atoms with E-state index in [1.165, 1.54) is 55.7 Å². The van der Waals surface area contributed by atoms with Gasteiger partial charge in [-0.15, -0.1) is 0 Å². The molecule has 1 N–H and O–H groups in total. The number of aromatic nitrogens is 1. The van der Waals surface area contributed by atoms with Crippen molar-refractivity contribution in [2.45, 2.75) is 38.6 Å². The first-order valence-electron chi connectivity index (χ1n) is 6.79. The maximum Gasteiger partial charge on any atom is 0.128 e. The molecular formula is C14H21N3. The zero-order valence-corrected chi connectivity index (χ0v) is 10.6. The van der Waals surface area contributed by atoms with Gasteiger partial charge < -0.3 is 10.2 Å². The minimum absolute atomic E-state index is 0.537. The van der Waals surface area contributed by atoms with Gasteiger partial charge in [-0.3, -0.25) is 0 Å². The van der Waals surface area contributed by atoms with Gasteiger partial charge in [0.2, 0.25) is 0 Å². The molecule has 3 heterocycles. The third-order valence-corrected chi connectivity index (χ3v) is 4.00. The summed E-state index contributed by atoms with van der Waals surface area (Å²) in [6, 6.07) is 2.80. The van der Waals surface area contributed by atoms with Crippen LogP contribution in [-0.2, 0) is 0 Å². The van der Waals surface area contributed by atoms with E-state index in [4.69, 9.17) is 0 Å². The highest BCUT2D eigenvalue weighted by molar-refractivity contribution is 5.45. The van der Waals surface area contributed by atoms with Gasteiger partial charge in [-0.05, 0) is 56.3 Å². The smallest absolute Gasteiger partial charge is 0.128 e. The van der Waals surface area contributed by atoms with Crippen molar-refractivity contribution in [3.8, 4) is 0 Å². The molecule has 0 bridgehead atoms. The zero-order valence-electron chi connectivity index (χ0n) is 10.6. The van der Waals surface area contributed by atoms with Crippen molar-refractivity contribution >= 4 is 5.82 Å². The average molecular weight is 231 g/mol. The molecule has 0 amide bonds. The maximum absolute atomic E-state index is 4.65. The third kappa shape index (κ3) is 2.16. The van der Waals surface area contributed by atoms with Crippen LogP contribution in [0.2, 0.25) is 0 Å². The molecule has 2 aliphatic rings. The number of nitrogens with one attached hydrogen (secondary N) is 1. The fourth-order valence-corrected chi connectivity index (χ4v) is 2.99. The van der Waals surface area contributed by atoms with Gasteiger partial charge in [-0.25, -0.2) is 4.98 Å². The Kier molecular flexibility index (Phi) is 3.02. The SMILES string of the molecule is Cc1cc(N2CCCC2)ncc1[C@@H]1CCCN1. The lowest BCUT2D eigenvalue weighted by Gasteiger charge is -2.19. The van der Waals surface area contributed by atoms with E-state index in [-0.39, 0.29) is 0 Å². The fourth-order valence-electron chi connectivity index (χ4n) is 2.99. The minimum Gasteiger partial charge on any atom is -0.357 e. The number of hydrogen-bond acceptors (Lipinski definition) is 3. The second-order valence-corrected chi connectivity index (χ2v) is 5.24. The number of nitrogens with zero attached hydrogens (tertiary/aromatic N) is 2. The molecule has 2 fully saturated rings. The van der Waals surface area contributed by atoms with Crippen LogP contribution in [0.1, 0.15) is 42.9 Å². The summed E-state index contributed by atoms with van der Waals surface area (Å²) in [5, 5.41) is 3.55. The topological polar surface area (TPSA) is 28.2 Å². The second-order valence-electron chi connectivity index (χ2n) is 5.24. The molecule has 0 saturated carbocycles. The zero-order chi connectivity index (χ0) is 11.7. The van der Waals surface area contributed by atoms with Gasteiger partial charge in [0.1, 0.15) is 5.82 Å². The number of pyridine rings is 1. The van der Waals surface area contributed by atoms with Crippen molar-refractivity contribution in [1.29, 1.82) is 0 Å². The van der Waals surface area contributed by atoms with E-state index < -0.39 is 0 Å². The standard InChI is InChI=1S/C14H21N3/c1-11-9-14(17-7-2-3-8-17)16-10-12(11)13-5-4-6-15-13/h9-10,13,15H,2-8H2,1H3/t13-/m0/s1. The Bertz CT molecular complexity index is 390. The summed E-state index contributed by atoms with van der Waals surface area (Å²) in [7, 11) is 0. The van der Waals surface area contributed by atoms with Crippen LogP contribution in [0, 0.1) is 6.92 Å². The summed E-state index contributed by atoms with van der Waals surface area (Å²) < 4.78 is 0. The molecule has 3 heteroatoms. The Morgan fingerprint density at radius 2 is 2.12 bits per heavy atom. The van der Waals surface area contributed by atoms with Crippen molar-refractivity contribution in [3.05, 3.63) is 23.4 Å². The monoisotopic (exact) mass is 231 g/mol. The molecule has 0 aliphatic carbocycles. The molecular weight excluding hydrogens is 210 g/mol. The number of hydrogen-bond donors (Lipinski definition) is 1. The van der Waals surface area contributed by atoms with Gasteiger partial charge in [-0.1, -0.05) is 0 Å². The predicted molar refractivity (Wildman–Crippen MR) is 70.4 cm³/mol. The summed E-state index contributed by atoms with van der Waals surface area (Å²) in [5.74, 6) is 1.17. The lowest BCUT2D eigenvalue weighted by atomic mass is 10.0. The van der Waals surface area contributed by atoms with Gasteiger partial charge >= 0.3 is 0 Å². The summed E-state index contributed by atoms with van der Waals surface area (Å²) >= 11 is 0. The lowest BCUT2D eigenvalue weighted by molar-refractivity contribution is 0.640. The van der Waals surface area contributed by atoms with Crippen molar-refractivity contribution in [1.82, 2.24) is 10.3 Å². The van der Waals surface area contributed by atoms with Crippen LogP contribution in [0.5, 0.6) is 0 Å². The van der Waals surface area contributed by atoms with Crippen LogP contribution in [0.25, 0.3) is 0 Å². The van der Waals surface area contributed by atoms with Crippen LogP contribution < -0.4 is 10.2 Å². The van der Waals surface area contributed by atoms with Gasteiger partial charge in [0.05, 0.1) is 0 Å². The number of rotatable bonds is 2. The molecule has 0 radical (unpaired) electrons. The fraction of sp³-hybridized carbons (Fsp3) is 0.643. The first-order valence-corrected chi connectivity index (χ1v) is 6.79. The van der Waals surface area contributed by atoms with Gasteiger partial charge in [-0.2, -0.15) is 0 Å². The highest BCUT2D eigenvalue weighted by atomic mass is 15.2. The molecule has 2 saturated heterocycles. The minimum atomic E-state index is 0.537. The van der Waals surface area contributed by atoms with E-state index in [0.717, 1.165) is 6.54 Å². The molecule has 17 heavy (non-hydrogen) atoms. The van der Waals surface area contributed by atoms with E-state index in [2.05, 4.69) is 34.4 Å². The molecule has 3 rings (SSSR count). The number of anilines is 1. The molecule has 1 aromatic rings. The van der Waals surface area contributed by atoms with Crippen molar-refractivity contribution in [3.63, 3.8) is 0 Å². The van der Waals surface area contributed by atoms with E-state index in [9.17, 15) is 0 Å². The Labute approximate surface area is 103 Å². The Morgan fingerprint density at radius 3 is 2.76 bits per heavy atom. The summed E-state index contributed by atoms with van der Waals surface area (Å²) in [6.45, 7) is 5.72. The van der Waals surface area contributed by atoms with Crippen LogP contribution in [0.3, 0.4) is 0 Å². The molecule has 0 spiro atoms. The molecule has 0 unspecified atom stereocenters. The van der Waals surface area contributed by atoms with Crippen molar-refractivity contribution in [2.75, 3.05) is 24.5 Å². The van der Waals surface area contributed by atoms with Gasteiger partial charge in [0.15, 0.2) is 0 Å². The maximum atomic E-state index is 4.65. The highest BCUT2D eigenvalue weighted by Gasteiger charge is 2.20. The van der Waals surface area contributed by atoms with Crippen LogP contribution in [0.4, 0.5) is 5.82 Å². The first kappa shape index (κ1) is 11.0. The van der Waals surface area contributed by atoms with E-state index in [0.29, 0.717) is 6.04 Å². The Morgan fingerprint density at radius 1 is 1.29 bits per heavy atom. The van der Waals surface area contributed by atoms with E-state index >= 15 is 0 Å². The summed E-state index contributed by atoms with van der Waals surface area (Å²) in [5.41, 5.74) is 2.78. The predicted octanol–water partition coefficient (Wildman–Crippen LogP) is 2.41. The van der Waals surface area contributed by atoms with Gasteiger partial charge in [0, 0.05) is 25.3 Å². The second kappa shape index (κ2) is 4.65. The Hall–Kier alpha value is -1.09. The molecule has 2 aliphatic heterocycles. The highest BCUT2D eigenvalue weighted by Crippen LogP contribution is 2.28. The number of aryl methyl sites for hydroxylation is 1. The third-order valence-electron chi connectivity index (χ3n) is 4.00. The van der Waals surface area contributed by atoms with Crippen LogP contribution in [0.15, 0.2) is 12.3 Å². The van der Waals surface area contributed by atoms with Crippen LogP contribution in [-0.4, -0.2) is 24.6 Å². The average Bonchev–Trinajstić information content (AvgIpc) is 3.02. The van der Waals surface area contributed by atoms with Gasteiger partial charge in [0.25, 0.3) is 0 Å². The van der Waals surface area contributed by atoms with E-state index in [1.54, 1.807) is 0 Å². The first-order chi connectivity index (χ1) is 8.34. The molecule has 1 aromatic heterocycles. The van der Waals surface area contributed by atoms with E-state index in [1.807, 2.05) is 0 Å². The van der Waals surface area contributed by atoms with Crippen molar-refractivity contribution in [2.24, 2.45) is 0 Å². The normalized spacial score (nSPS) is 24.5. The largest absolute Gasteiger partial charge is 0.357 e.